The molecule has 0 aliphatic rings. The van der Waals surface area contributed by atoms with Gasteiger partial charge in [0.25, 0.3) is 0 Å². The van der Waals surface area contributed by atoms with Crippen LogP contribution in [0.15, 0.2) is 54.6 Å². The van der Waals surface area contributed by atoms with Crippen LogP contribution in [0.4, 0.5) is 22.0 Å². The SMILES string of the molecule is Cc1ccc(C#Cc2ccc(C#Cc3cc(F)c(C)c(F)c3)cc2OC(F)(F)F)cc1. The molecule has 0 aliphatic heterocycles. The number of halogens is 5. The van der Waals surface area contributed by atoms with Crippen LogP contribution in [0.25, 0.3) is 0 Å². The molecule has 6 heteroatoms. The van der Waals surface area contributed by atoms with Crippen LogP contribution in [0, 0.1) is 49.2 Å². The number of hydrogen-bond donors (Lipinski definition) is 0. The van der Waals surface area contributed by atoms with Gasteiger partial charge in [-0.1, -0.05) is 41.4 Å². The number of benzene rings is 3. The molecule has 0 spiro atoms. The van der Waals surface area contributed by atoms with Gasteiger partial charge < -0.3 is 4.74 Å². The third kappa shape index (κ3) is 6.10. The molecule has 31 heavy (non-hydrogen) atoms. The predicted molar refractivity (Wildman–Crippen MR) is 107 cm³/mol. The van der Waals surface area contributed by atoms with Crippen LogP contribution in [-0.4, -0.2) is 6.36 Å². The van der Waals surface area contributed by atoms with E-state index in [2.05, 4.69) is 28.4 Å². The Hall–Kier alpha value is -3.77. The minimum Gasteiger partial charge on any atom is -0.404 e. The molecule has 0 atom stereocenters. The van der Waals surface area contributed by atoms with Gasteiger partial charge in [-0.15, -0.1) is 13.2 Å². The summed E-state index contributed by atoms with van der Waals surface area (Å²) < 4.78 is 69.9. The van der Waals surface area contributed by atoms with Crippen LogP contribution < -0.4 is 4.74 Å². The Morgan fingerprint density at radius 1 is 0.677 bits per heavy atom. The molecule has 156 valence electrons. The van der Waals surface area contributed by atoms with Crippen LogP contribution >= 0.6 is 0 Å². The molecule has 0 bridgehead atoms. The normalized spacial score (nSPS) is 10.5. The van der Waals surface area contributed by atoms with Gasteiger partial charge in [-0.25, -0.2) is 8.78 Å². The van der Waals surface area contributed by atoms with Crippen molar-refractivity contribution in [3.05, 3.63) is 99.6 Å². The zero-order valence-corrected chi connectivity index (χ0v) is 16.5. The number of aryl methyl sites for hydroxylation is 1. The maximum atomic E-state index is 13.6. The van der Waals surface area contributed by atoms with Crippen molar-refractivity contribution in [3.63, 3.8) is 0 Å². The summed E-state index contributed by atoms with van der Waals surface area (Å²) in [5.74, 6) is 8.56. The summed E-state index contributed by atoms with van der Waals surface area (Å²) >= 11 is 0. The third-order valence-electron chi connectivity index (χ3n) is 4.23. The molecule has 1 nitrogen and oxygen atoms in total. The summed E-state index contributed by atoms with van der Waals surface area (Å²) in [7, 11) is 0. The highest BCUT2D eigenvalue weighted by atomic mass is 19.4. The van der Waals surface area contributed by atoms with Crippen molar-refractivity contribution < 1.29 is 26.7 Å². The maximum absolute atomic E-state index is 13.6. The second kappa shape index (κ2) is 8.93. The first-order chi connectivity index (χ1) is 14.6. The van der Waals surface area contributed by atoms with Gasteiger partial charge in [-0.2, -0.15) is 0 Å². The van der Waals surface area contributed by atoms with Crippen LogP contribution in [0.2, 0.25) is 0 Å². The van der Waals surface area contributed by atoms with Crippen LogP contribution in [0.3, 0.4) is 0 Å². The van der Waals surface area contributed by atoms with E-state index in [4.69, 9.17) is 0 Å². The number of alkyl halides is 3. The monoisotopic (exact) mass is 426 g/mol. The van der Waals surface area contributed by atoms with Crippen molar-refractivity contribution in [2.75, 3.05) is 0 Å². The number of hydrogen-bond acceptors (Lipinski definition) is 1. The Bertz CT molecular complexity index is 1210. The summed E-state index contributed by atoms with van der Waals surface area (Å²) in [6, 6.07) is 13.2. The molecule has 0 heterocycles. The fourth-order valence-corrected chi connectivity index (χ4v) is 2.55. The first-order valence-corrected chi connectivity index (χ1v) is 9.07. The molecule has 0 saturated heterocycles. The fraction of sp³-hybridized carbons (Fsp3) is 0.120. The van der Waals surface area contributed by atoms with Crippen molar-refractivity contribution in [2.24, 2.45) is 0 Å². The Morgan fingerprint density at radius 2 is 1.23 bits per heavy atom. The molecule has 0 saturated carbocycles. The van der Waals surface area contributed by atoms with Crippen molar-refractivity contribution in [1.29, 1.82) is 0 Å². The molecular formula is C25H15F5O. The van der Waals surface area contributed by atoms with Gasteiger partial charge in [0.05, 0.1) is 5.56 Å². The fourth-order valence-electron chi connectivity index (χ4n) is 2.55. The van der Waals surface area contributed by atoms with Crippen molar-refractivity contribution in [3.8, 4) is 29.4 Å². The molecule has 0 N–H and O–H groups in total. The standard InChI is InChI=1S/C25H15F5O/c1-16-3-5-18(6-4-16)9-11-21-12-10-19(15-24(21)31-25(28,29)30)7-8-20-13-22(26)17(2)23(27)14-20/h3-6,10,12-15H,1-2H3. The Labute approximate surface area is 176 Å². The van der Waals surface area contributed by atoms with E-state index in [1.807, 2.05) is 19.1 Å². The average molecular weight is 426 g/mol. The first-order valence-electron chi connectivity index (χ1n) is 9.07. The van der Waals surface area contributed by atoms with E-state index in [0.29, 0.717) is 5.56 Å². The quantitative estimate of drug-likeness (QED) is 0.329. The molecule has 0 amide bonds. The van der Waals surface area contributed by atoms with Gasteiger partial charge >= 0.3 is 6.36 Å². The lowest BCUT2D eigenvalue weighted by molar-refractivity contribution is -0.274. The van der Waals surface area contributed by atoms with E-state index >= 15 is 0 Å². The molecule has 0 radical (unpaired) electrons. The van der Waals surface area contributed by atoms with E-state index in [1.165, 1.54) is 19.1 Å². The molecule has 0 unspecified atom stereocenters. The summed E-state index contributed by atoms with van der Waals surface area (Å²) in [6.45, 7) is 3.20. The highest BCUT2D eigenvalue weighted by molar-refractivity contribution is 5.55. The van der Waals surface area contributed by atoms with Gasteiger partial charge in [0.1, 0.15) is 17.4 Å². The van der Waals surface area contributed by atoms with Crippen molar-refractivity contribution in [2.45, 2.75) is 20.2 Å². The highest BCUT2D eigenvalue weighted by Gasteiger charge is 2.32. The Kier molecular flexibility index (Phi) is 6.32. The van der Waals surface area contributed by atoms with Gasteiger partial charge in [-0.05, 0) is 56.3 Å². The molecular weight excluding hydrogens is 411 g/mol. The second-order valence-corrected chi connectivity index (χ2v) is 6.69. The Morgan fingerprint density at radius 3 is 1.84 bits per heavy atom. The van der Waals surface area contributed by atoms with Gasteiger partial charge in [0.15, 0.2) is 0 Å². The lowest BCUT2D eigenvalue weighted by Gasteiger charge is -2.11. The molecule has 0 fully saturated rings. The van der Waals surface area contributed by atoms with Crippen LogP contribution in [0.5, 0.6) is 5.75 Å². The third-order valence-corrected chi connectivity index (χ3v) is 4.23. The predicted octanol–water partition coefficient (Wildman–Crippen LogP) is 6.28. The van der Waals surface area contributed by atoms with Gasteiger partial charge in [-0.3, -0.25) is 0 Å². The molecule has 3 aromatic carbocycles. The molecule has 0 aliphatic carbocycles. The van der Waals surface area contributed by atoms with Crippen LogP contribution in [0.1, 0.15) is 33.4 Å². The summed E-state index contributed by atoms with van der Waals surface area (Å²) in [5.41, 5.74) is 1.78. The summed E-state index contributed by atoms with van der Waals surface area (Å²) in [5, 5.41) is 0. The van der Waals surface area contributed by atoms with Gasteiger partial charge in [0, 0.05) is 22.3 Å². The van der Waals surface area contributed by atoms with Crippen molar-refractivity contribution >= 4 is 0 Å². The molecule has 3 rings (SSSR count). The van der Waals surface area contributed by atoms with E-state index in [9.17, 15) is 22.0 Å². The smallest absolute Gasteiger partial charge is 0.404 e. The lowest BCUT2D eigenvalue weighted by atomic mass is 10.1. The van der Waals surface area contributed by atoms with Crippen molar-refractivity contribution in [1.82, 2.24) is 0 Å². The zero-order chi connectivity index (χ0) is 22.6. The van der Waals surface area contributed by atoms with E-state index in [1.54, 1.807) is 12.1 Å². The summed E-state index contributed by atoms with van der Waals surface area (Å²) in [4.78, 5) is 0. The molecule has 3 aromatic rings. The number of ether oxygens (including phenoxy) is 1. The minimum atomic E-state index is -4.92. The average Bonchev–Trinajstić information content (AvgIpc) is 2.69. The van der Waals surface area contributed by atoms with E-state index in [0.717, 1.165) is 23.8 Å². The first kappa shape index (κ1) is 21.9. The Balaban J connectivity index is 1.96. The minimum absolute atomic E-state index is 0.0240. The molecule has 0 aromatic heterocycles. The zero-order valence-electron chi connectivity index (χ0n) is 16.5. The largest absolute Gasteiger partial charge is 0.573 e. The maximum Gasteiger partial charge on any atom is 0.573 e. The lowest BCUT2D eigenvalue weighted by Crippen LogP contribution is -2.18. The number of rotatable bonds is 1. The van der Waals surface area contributed by atoms with Gasteiger partial charge in [0.2, 0.25) is 0 Å². The van der Waals surface area contributed by atoms with E-state index < -0.39 is 23.7 Å². The van der Waals surface area contributed by atoms with Crippen LogP contribution in [-0.2, 0) is 0 Å². The van der Waals surface area contributed by atoms with E-state index in [-0.39, 0.29) is 22.3 Å². The second-order valence-electron chi connectivity index (χ2n) is 6.69. The highest BCUT2D eigenvalue weighted by Crippen LogP contribution is 2.27. The topological polar surface area (TPSA) is 9.23 Å². The summed E-state index contributed by atoms with van der Waals surface area (Å²) in [6.07, 6.45) is -4.92.